The number of aromatic nitrogens is 2. The Labute approximate surface area is 125 Å². The van der Waals surface area contributed by atoms with Gasteiger partial charge in [0.25, 0.3) is 0 Å². The average molecular weight is 289 g/mol. The van der Waals surface area contributed by atoms with Crippen LogP contribution in [0, 0.1) is 5.92 Å². The number of anilines is 1. The standard InChI is InChI=1S/C16H23N3O2/c1-5-16(9-14(11-21-16)20-10-13-3-4-13)12-19(8-1)15-17-6-2-7-18-15/h2,6-7,13-14H,1,3-5,8-12H2/t14-,16-/m1/s1. The molecule has 1 spiro atoms. The quantitative estimate of drug-likeness (QED) is 0.849. The molecule has 3 aliphatic rings. The zero-order valence-electron chi connectivity index (χ0n) is 12.4. The van der Waals surface area contributed by atoms with Gasteiger partial charge in [-0.1, -0.05) is 0 Å². The Bertz CT molecular complexity index is 480. The van der Waals surface area contributed by atoms with Gasteiger partial charge >= 0.3 is 0 Å². The lowest BCUT2D eigenvalue weighted by atomic mass is 9.89. The summed E-state index contributed by atoms with van der Waals surface area (Å²) < 4.78 is 12.2. The van der Waals surface area contributed by atoms with Crippen LogP contribution in [0.15, 0.2) is 18.5 Å². The normalized spacial score (nSPS) is 32.8. The Morgan fingerprint density at radius 2 is 2.19 bits per heavy atom. The third kappa shape index (κ3) is 3.04. The third-order valence-electron chi connectivity index (χ3n) is 4.81. The van der Waals surface area contributed by atoms with Gasteiger partial charge in [-0.05, 0) is 37.7 Å². The maximum absolute atomic E-state index is 6.18. The van der Waals surface area contributed by atoms with E-state index in [1.54, 1.807) is 12.4 Å². The molecule has 0 aromatic carbocycles. The lowest BCUT2D eigenvalue weighted by molar-refractivity contribution is -0.0131. The van der Waals surface area contributed by atoms with Gasteiger partial charge in [0.05, 0.1) is 18.3 Å². The lowest BCUT2D eigenvalue weighted by Crippen LogP contribution is -2.48. The van der Waals surface area contributed by atoms with E-state index in [0.29, 0.717) is 0 Å². The monoisotopic (exact) mass is 289 g/mol. The van der Waals surface area contributed by atoms with Crippen LogP contribution in [-0.2, 0) is 9.47 Å². The summed E-state index contributed by atoms with van der Waals surface area (Å²) >= 11 is 0. The molecular weight excluding hydrogens is 266 g/mol. The molecule has 0 radical (unpaired) electrons. The predicted molar refractivity (Wildman–Crippen MR) is 79.2 cm³/mol. The number of hydrogen-bond acceptors (Lipinski definition) is 5. The van der Waals surface area contributed by atoms with Crippen molar-refractivity contribution in [2.45, 2.75) is 43.8 Å². The summed E-state index contributed by atoms with van der Waals surface area (Å²) in [6.07, 6.45) is 9.86. The number of piperidine rings is 1. The smallest absolute Gasteiger partial charge is 0.225 e. The van der Waals surface area contributed by atoms with Crippen LogP contribution in [0.1, 0.15) is 32.1 Å². The van der Waals surface area contributed by atoms with Gasteiger partial charge in [-0.15, -0.1) is 0 Å². The maximum Gasteiger partial charge on any atom is 0.225 e. The summed E-state index contributed by atoms with van der Waals surface area (Å²) in [5, 5.41) is 0. The third-order valence-corrected chi connectivity index (χ3v) is 4.81. The summed E-state index contributed by atoms with van der Waals surface area (Å²) in [7, 11) is 0. The van der Waals surface area contributed by atoms with Gasteiger partial charge in [-0.2, -0.15) is 0 Å². The fourth-order valence-electron chi connectivity index (χ4n) is 3.47. The van der Waals surface area contributed by atoms with E-state index < -0.39 is 0 Å². The van der Waals surface area contributed by atoms with Gasteiger partial charge in [-0.25, -0.2) is 9.97 Å². The number of hydrogen-bond donors (Lipinski definition) is 0. The highest BCUT2D eigenvalue weighted by Crippen LogP contribution is 2.37. The van der Waals surface area contributed by atoms with Crippen LogP contribution in [0.25, 0.3) is 0 Å². The number of rotatable bonds is 4. The van der Waals surface area contributed by atoms with Crippen molar-refractivity contribution in [3.63, 3.8) is 0 Å². The molecule has 0 amide bonds. The summed E-state index contributed by atoms with van der Waals surface area (Å²) in [4.78, 5) is 11.0. The van der Waals surface area contributed by atoms with Crippen molar-refractivity contribution in [1.82, 2.24) is 9.97 Å². The fraction of sp³-hybridized carbons (Fsp3) is 0.750. The highest BCUT2D eigenvalue weighted by molar-refractivity contribution is 5.31. The zero-order chi connectivity index (χ0) is 14.1. The van der Waals surface area contributed by atoms with Crippen molar-refractivity contribution in [1.29, 1.82) is 0 Å². The van der Waals surface area contributed by atoms with Crippen LogP contribution in [0.5, 0.6) is 0 Å². The molecule has 0 unspecified atom stereocenters. The first-order chi connectivity index (χ1) is 10.3. The molecule has 2 atom stereocenters. The molecule has 4 rings (SSSR count). The van der Waals surface area contributed by atoms with Crippen molar-refractivity contribution >= 4 is 5.95 Å². The van der Waals surface area contributed by atoms with E-state index in [2.05, 4.69) is 14.9 Å². The molecule has 5 heteroatoms. The van der Waals surface area contributed by atoms with Crippen molar-refractivity contribution < 1.29 is 9.47 Å². The van der Waals surface area contributed by atoms with Crippen molar-refractivity contribution in [3.8, 4) is 0 Å². The van der Waals surface area contributed by atoms with E-state index in [4.69, 9.17) is 9.47 Å². The van der Waals surface area contributed by atoms with Gasteiger partial charge in [0.15, 0.2) is 0 Å². The molecular formula is C16H23N3O2. The molecule has 1 aromatic heterocycles. The minimum absolute atomic E-state index is 0.0499. The Kier molecular flexibility index (Phi) is 3.55. The Balaban J connectivity index is 1.38. The second kappa shape index (κ2) is 5.54. The second-order valence-electron chi connectivity index (χ2n) is 6.67. The van der Waals surface area contributed by atoms with E-state index in [1.165, 1.54) is 12.8 Å². The Morgan fingerprint density at radius 1 is 1.33 bits per heavy atom. The highest BCUT2D eigenvalue weighted by atomic mass is 16.6. The molecule has 3 heterocycles. The highest BCUT2D eigenvalue weighted by Gasteiger charge is 2.44. The molecule has 1 saturated carbocycles. The lowest BCUT2D eigenvalue weighted by Gasteiger charge is -2.39. The van der Waals surface area contributed by atoms with Gasteiger partial charge in [0, 0.05) is 38.5 Å². The SMILES string of the molecule is c1cnc(N2CCC[C@@]3(C[C@@H](OCC4CC4)CO3)C2)nc1. The summed E-state index contributed by atoms with van der Waals surface area (Å²) in [6, 6.07) is 1.86. The van der Waals surface area contributed by atoms with Gasteiger partial charge < -0.3 is 14.4 Å². The molecule has 2 saturated heterocycles. The van der Waals surface area contributed by atoms with E-state index in [0.717, 1.165) is 57.4 Å². The van der Waals surface area contributed by atoms with Crippen LogP contribution in [0.3, 0.4) is 0 Å². The topological polar surface area (TPSA) is 47.5 Å². The summed E-state index contributed by atoms with van der Waals surface area (Å²) in [5.74, 6) is 1.64. The molecule has 1 aliphatic carbocycles. The van der Waals surface area contributed by atoms with E-state index in [9.17, 15) is 0 Å². The fourth-order valence-corrected chi connectivity index (χ4v) is 3.47. The molecule has 2 aliphatic heterocycles. The molecule has 21 heavy (non-hydrogen) atoms. The maximum atomic E-state index is 6.18. The number of nitrogens with zero attached hydrogens (tertiary/aromatic N) is 3. The Morgan fingerprint density at radius 3 is 3.00 bits per heavy atom. The van der Waals surface area contributed by atoms with Gasteiger partial charge in [0.2, 0.25) is 5.95 Å². The minimum atomic E-state index is -0.0499. The summed E-state index contributed by atoms with van der Waals surface area (Å²) in [5.41, 5.74) is -0.0499. The Hall–Kier alpha value is -1.20. The van der Waals surface area contributed by atoms with Crippen molar-refractivity contribution in [2.24, 2.45) is 5.92 Å². The van der Waals surface area contributed by atoms with E-state index in [1.807, 2.05) is 6.07 Å². The van der Waals surface area contributed by atoms with E-state index in [-0.39, 0.29) is 11.7 Å². The minimum Gasteiger partial charge on any atom is -0.375 e. The first-order valence-electron chi connectivity index (χ1n) is 8.11. The molecule has 0 N–H and O–H groups in total. The first kappa shape index (κ1) is 13.5. The molecule has 5 nitrogen and oxygen atoms in total. The van der Waals surface area contributed by atoms with Crippen molar-refractivity contribution in [3.05, 3.63) is 18.5 Å². The van der Waals surface area contributed by atoms with Crippen molar-refractivity contribution in [2.75, 3.05) is 31.2 Å². The van der Waals surface area contributed by atoms with Gasteiger partial charge in [-0.3, -0.25) is 0 Å². The predicted octanol–water partition coefficient (Wildman–Crippen LogP) is 2.03. The van der Waals surface area contributed by atoms with Crippen LogP contribution in [0.2, 0.25) is 0 Å². The largest absolute Gasteiger partial charge is 0.375 e. The van der Waals surface area contributed by atoms with Crippen LogP contribution < -0.4 is 4.90 Å². The van der Waals surface area contributed by atoms with Gasteiger partial charge in [0.1, 0.15) is 0 Å². The molecule has 3 fully saturated rings. The average Bonchev–Trinajstić information content (AvgIpc) is 3.29. The molecule has 1 aromatic rings. The molecule has 114 valence electrons. The van der Waals surface area contributed by atoms with Crippen LogP contribution in [-0.4, -0.2) is 48.0 Å². The second-order valence-corrected chi connectivity index (χ2v) is 6.67. The first-order valence-corrected chi connectivity index (χ1v) is 8.11. The zero-order valence-corrected chi connectivity index (χ0v) is 12.4. The van der Waals surface area contributed by atoms with Crippen LogP contribution in [0.4, 0.5) is 5.95 Å². The van der Waals surface area contributed by atoms with Crippen LogP contribution >= 0.6 is 0 Å². The summed E-state index contributed by atoms with van der Waals surface area (Å²) in [6.45, 7) is 3.58. The molecule has 0 bridgehead atoms. The van der Waals surface area contributed by atoms with E-state index >= 15 is 0 Å². The number of ether oxygens (including phenoxy) is 2.